The fourth-order valence-electron chi connectivity index (χ4n) is 11.0. The zero-order valence-electron chi connectivity index (χ0n) is 37.9. The molecule has 0 atom stereocenters. The van der Waals surface area contributed by atoms with E-state index in [-0.39, 0.29) is 0 Å². The molecular formula is C63H56N2. The molecule has 0 N–H and O–H groups in total. The standard InChI is InChI=1S/C63H56N2/c1-5-20-46-40-60(65(49-27-11-8-12-28-49)59-32-19-30-53(50(59)6-2)51-29-17-14-22-43(51)4)55-38-36-54-57(44-33-34-44)41-61(56-37-35-52(46)62(55)63(54)56)64(48-25-9-7-10-26-48)58-31-18-16-24-47(58)39-45-23-15-13-21-42(45)3/h6-19,21-32,35,37,40-41,44H,2,5,20,33-34,36,38-39H2,1,3-4H3. The van der Waals surface area contributed by atoms with Gasteiger partial charge in [0.2, 0.25) is 0 Å². The van der Waals surface area contributed by atoms with Crippen LogP contribution in [0.5, 0.6) is 0 Å². The van der Waals surface area contributed by atoms with Crippen LogP contribution in [0.25, 0.3) is 38.7 Å². The van der Waals surface area contributed by atoms with Crippen LogP contribution in [0.2, 0.25) is 0 Å². The Hall–Kier alpha value is -7.16. The smallest absolute Gasteiger partial charge is 0.0543 e. The van der Waals surface area contributed by atoms with Crippen molar-refractivity contribution >= 4 is 61.7 Å². The molecule has 2 aliphatic carbocycles. The van der Waals surface area contributed by atoms with Crippen molar-refractivity contribution in [3.05, 3.63) is 233 Å². The van der Waals surface area contributed by atoms with Crippen LogP contribution in [0.1, 0.15) is 82.2 Å². The van der Waals surface area contributed by atoms with Crippen LogP contribution in [0.4, 0.5) is 34.1 Å². The van der Waals surface area contributed by atoms with E-state index in [1.165, 1.54) is 102 Å². The van der Waals surface area contributed by atoms with E-state index >= 15 is 0 Å². The molecule has 9 aromatic rings. The second-order valence-corrected chi connectivity index (χ2v) is 18.3. The molecule has 2 heteroatoms. The van der Waals surface area contributed by atoms with Crippen LogP contribution < -0.4 is 9.80 Å². The lowest BCUT2D eigenvalue weighted by Gasteiger charge is -2.35. The fraction of sp³-hybridized carbons (Fsp3) is 0.175. The number of aryl methyl sites for hydroxylation is 5. The lowest BCUT2D eigenvalue weighted by atomic mass is 9.79. The Morgan fingerprint density at radius 3 is 1.78 bits per heavy atom. The highest BCUT2D eigenvalue weighted by molar-refractivity contribution is 6.19. The van der Waals surface area contributed by atoms with E-state index in [0.717, 1.165) is 49.0 Å². The average molecular weight is 841 g/mol. The molecule has 0 aromatic heterocycles. The molecular weight excluding hydrogens is 785 g/mol. The summed E-state index contributed by atoms with van der Waals surface area (Å²) >= 11 is 0. The predicted octanol–water partition coefficient (Wildman–Crippen LogP) is 17.4. The summed E-state index contributed by atoms with van der Waals surface area (Å²) in [5.41, 5.74) is 22.1. The normalized spacial score (nSPS) is 13.1. The average Bonchev–Trinajstić information content (AvgIpc) is 4.20. The summed E-state index contributed by atoms with van der Waals surface area (Å²) in [4.78, 5) is 5.14. The molecule has 0 saturated heterocycles. The van der Waals surface area contributed by atoms with E-state index < -0.39 is 0 Å². The van der Waals surface area contributed by atoms with Gasteiger partial charge in [-0.15, -0.1) is 0 Å². The lowest BCUT2D eigenvalue weighted by Crippen LogP contribution is -2.18. The van der Waals surface area contributed by atoms with Gasteiger partial charge in [-0.05, 0) is 179 Å². The quantitative estimate of drug-likeness (QED) is 0.107. The van der Waals surface area contributed by atoms with Crippen molar-refractivity contribution in [2.24, 2.45) is 0 Å². The highest BCUT2D eigenvalue weighted by Crippen LogP contribution is 2.54. The number of rotatable bonds is 13. The minimum atomic E-state index is 0.586. The predicted molar refractivity (Wildman–Crippen MR) is 278 cm³/mol. The Bertz CT molecular complexity index is 3250. The molecule has 2 aliphatic rings. The van der Waals surface area contributed by atoms with Crippen LogP contribution in [-0.2, 0) is 25.7 Å². The van der Waals surface area contributed by atoms with Crippen LogP contribution in [-0.4, -0.2) is 0 Å². The van der Waals surface area contributed by atoms with Gasteiger partial charge in [-0.3, -0.25) is 0 Å². The summed E-state index contributed by atoms with van der Waals surface area (Å²) in [5, 5.41) is 5.61. The van der Waals surface area contributed by atoms with E-state index in [2.05, 4.69) is 219 Å². The first-order valence-corrected chi connectivity index (χ1v) is 23.7. The van der Waals surface area contributed by atoms with E-state index in [0.29, 0.717) is 5.92 Å². The Morgan fingerprint density at radius 1 is 0.508 bits per heavy atom. The minimum absolute atomic E-state index is 0.586. The summed E-state index contributed by atoms with van der Waals surface area (Å²) in [6.45, 7) is 11.2. The first-order valence-electron chi connectivity index (χ1n) is 23.7. The molecule has 9 aromatic carbocycles. The molecule has 318 valence electrons. The molecule has 0 heterocycles. The summed E-state index contributed by atoms with van der Waals surface area (Å²) < 4.78 is 0. The Labute approximate surface area is 385 Å². The second kappa shape index (κ2) is 17.1. The van der Waals surface area contributed by atoms with E-state index in [9.17, 15) is 0 Å². The van der Waals surface area contributed by atoms with Gasteiger partial charge in [-0.2, -0.15) is 0 Å². The van der Waals surface area contributed by atoms with E-state index in [4.69, 9.17) is 0 Å². The lowest BCUT2D eigenvalue weighted by molar-refractivity contribution is 0.915. The van der Waals surface area contributed by atoms with Crippen molar-refractivity contribution in [2.75, 3.05) is 9.80 Å². The number of benzene rings is 9. The van der Waals surface area contributed by atoms with Crippen LogP contribution in [0, 0.1) is 13.8 Å². The molecule has 0 unspecified atom stereocenters. The SMILES string of the molecule is C=Cc1c(-c2ccccc2C)cccc1N(c1ccccc1)c1cc(CCC)c2ccc3c(N(c4ccccc4)c4ccccc4Cc4ccccc4C)cc(C4CC4)c4c3c2c1CC4. The number of para-hydroxylation sites is 3. The second-order valence-electron chi connectivity index (χ2n) is 18.3. The Morgan fingerprint density at radius 2 is 1.09 bits per heavy atom. The van der Waals surface area contributed by atoms with Gasteiger partial charge in [-0.25, -0.2) is 0 Å². The van der Waals surface area contributed by atoms with Crippen molar-refractivity contribution in [2.45, 2.75) is 71.6 Å². The maximum absolute atomic E-state index is 4.48. The van der Waals surface area contributed by atoms with Crippen molar-refractivity contribution in [3.8, 4) is 11.1 Å². The van der Waals surface area contributed by atoms with Crippen molar-refractivity contribution in [3.63, 3.8) is 0 Å². The topological polar surface area (TPSA) is 6.48 Å². The first-order chi connectivity index (χ1) is 32.0. The van der Waals surface area contributed by atoms with Gasteiger partial charge in [-0.1, -0.05) is 153 Å². The molecule has 65 heavy (non-hydrogen) atoms. The van der Waals surface area contributed by atoms with Crippen LogP contribution in [0.3, 0.4) is 0 Å². The summed E-state index contributed by atoms with van der Waals surface area (Å²) in [6.07, 6.45) is 9.51. The maximum atomic E-state index is 4.48. The van der Waals surface area contributed by atoms with Gasteiger partial charge in [0.1, 0.15) is 0 Å². The summed E-state index contributed by atoms with van der Waals surface area (Å²) in [7, 11) is 0. The number of anilines is 6. The molecule has 0 spiro atoms. The molecule has 0 radical (unpaired) electrons. The Kier molecular flexibility index (Phi) is 10.7. The third kappa shape index (κ3) is 7.22. The highest BCUT2D eigenvalue weighted by Gasteiger charge is 2.34. The minimum Gasteiger partial charge on any atom is -0.310 e. The van der Waals surface area contributed by atoms with Crippen molar-refractivity contribution in [1.82, 2.24) is 0 Å². The molecule has 1 fully saturated rings. The van der Waals surface area contributed by atoms with Crippen molar-refractivity contribution < 1.29 is 0 Å². The van der Waals surface area contributed by atoms with Gasteiger partial charge in [0.25, 0.3) is 0 Å². The zero-order chi connectivity index (χ0) is 44.0. The molecule has 2 nitrogen and oxygen atoms in total. The third-order valence-electron chi connectivity index (χ3n) is 14.2. The monoisotopic (exact) mass is 840 g/mol. The van der Waals surface area contributed by atoms with Gasteiger partial charge in [0.15, 0.2) is 0 Å². The van der Waals surface area contributed by atoms with E-state index in [1.807, 2.05) is 0 Å². The largest absolute Gasteiger partial charge is 0.310 e. The van der Waals surface area contributed by atoms with Gasteiger partial charge < -0.3 is 9.80 Å². The molecule has 1 saturated carbocycles. The maximum Gasteiger partial charge on any atom is 0.0543 e. The van der Waals surface area contributed by atoms with Crippen LogP contribution in [0.15, 0.2) is 183 Å². The third-order valence-corrected chi connectivity index (χ3v) is 14.2. The number of nitrogens with zero attached hydrogens (tertiary/aromatic N) is 2. The van der Waals surface area contributed by atoms with Gasteiger partial charge >= 0.3 is 0 Å². The summed E-state index contributed by atoms with van der Waals surface area (Å²) in [5.74, 6) is 0.586. The Balaban J connectivity index is 1.21. The zero-order valence-corrected chi connectivity index (χ0v) is 37.9. The molecule has 0 bridgehead atoms. The first kappa shape index (κ1) is 40.6. The van der Waals surface area contributed by atoms with E-state index in [1.54, 1.807) is 11.1 Å². The van der Waals surface area contributed by atoms with Gasteiger partial charge in [0.05, 0.1) is 17.1 Å². The molecule has 0 amide bonds. The van der Waals surface area contributed by atoms with Crippen LogP contribution >= 0.6 is 0 Å². The fourth-order valence-corrected chi connectivity index (χ4v) is 11.0. The molecule has 0 aliphatic heterocycles. The van der Waals surface area contributed by atoms with Crippen molar-refractivity contribution in [1.29, 1.82) is 0 Å². The number of hydrogen-bond donors (Lipinski definition) is 0. The highest BCUT2D eigenvalue weighted by atomic mass is 15.2. The summed E-state index contributed by atoms with van der Waals surface area (Å²) in [6, 6.07) is 65.7. The number of hydrogen-bond acceptors (Lipinski definition) is 2. The van der Waals surface area contributed by atoms with Gasteiger partial charge in [0, 0.05) is 28.0 Å². The molecule has 11 rings (SSSR count).